The number of rotatable bonds is 3. The molecule has 0 unspecified atom stereocenters. The van der Waals surface area contributed by atoms with E-state index in [9.17, 15) is 8.78 Å². The van der Waals surface area contributed by atoms with Crippen LogP contribution in [0.2, 0.25) is 5.02 Å². The number of hydrogen-bond donors (Lipinski definition) is 0. The van der Waals surface area contributed by atoms with Gasteiger partial charge in [-0.05, 0) is 37.1 Å². The number of thiazole rings is 1. The van der Waals surface area contributed by atoms with Crippen molar-refractivity contribution >= 4 is 28.6 Å². The predicted octanol–water partition coefficient (Wildman–Crippen LogP) is 5.72. The monoisotopic (exact) mass is 362 g/mol. The van der Waals surface area contributed by atoms with Gasteiger partial charge in [0.1, 0.15) is 11.5 Å². The van der Waals surface area contributed by atoms with Crippen LogP contribution >= 0.6 is 22.9 Å². The molecule has 4 rings (SSSR count). The van der Waals surface area contributed by atoms with Gasteiger partial charge in [-0.15, -0.1) is 11.3 Å². The number of hydrogen-bond acceptors (Lipinski definition) is 2. The van der Waals surface area contributed by atoms with Crippen molar-refractivity contribution in [3.05, 3.63) is 69.3 Å². The lowest BCUT2D eigenvalue weighted by atomic mass is 10.2. The van der Waals surface area contributed by atoms with Crippen LogP contribution in [0.5, 0.6) is 0 Å². The number of aromatic nitrogens is 1. The van der Waals surface area contributed by atoms with Crippen LogP contribution in [0.15, 0.2) is 52.8 Å². The summed E-state index contributed by atoms with van der Waals surface area (Å²) in [4.78, 5) is 5.12. The summed E-state index contributed by atoms with van der Waals surface area (Å²) < 4.78 is 29.1. The highest BCUT2D eigenvalue weighted by Gasteiger charge is 2.27. The van der Waals surface area contributed by atoms with Crippen LogP contribution in [-0.2, 0) is 0 Å². The molecule has 0 N–H and O–H groups in total. The van der Waals surface area contributed by atoms with Crippen molar-refractivity contribution in [3.63, 3.8) is 0 Å². The molecule has 0 atom stereocenters. The lowest BCUT2D eigenvalue weighted by Crippen LogP contribution is -2.14. The molecule has 0 spiro atoms. The topological polar surface area (TPSA) is 17.3 Å². The first-order valence-electron chi connectivity index (χ1n) is 7.57. The van der Waals surface area contributed by atoms with Crippen LogP contribution in [0, 0.1) is 11.6 Å². The van der Waals surface area contributed by atoms with Crippen LogP contribution in [0.25, 0.3) is 11.3 Å². The Hall–Kier alpha value is -1.98. The molecule has 2 nitrogen and oxygen atoms in total. The first kappa shape index (κ1) is 15.5. The van der Waals surface area contributed by atoms with Crippen LogP contribution in [0.3, 0.4) is 0 Å². The van der Waals surface area contributed by atoms with E-state index in [1.165, 1.54) is 23.5 Å². The van der Waals surface area contributed by atoms with E-state index in [2.05, 4.69) is 9.56 Å². The van der Waals surface area contributed by atoms with Gasteiger partial charge in [0, 0.05) is 28.1 Å². The van der Waals surface area contributed by atoms with E-state index in [0.29, 0.717) is 15.9 Å². The minimum atomic E-state index is -0.657. The second kappa shape index (κ2) is 6.15. The van der Waals surface area contributed by atoms with E-state index in [1.54, 1.807) is 0 Å². The Labute approximate surface area is 146 Å². The summed E-state index contributed by atoms with van der Waals surface area (Å²) in [6.07, 6.45) is 2.15. The normalized spacial score (nSPS) is 15.0. The Morgan fingerprint density at radius 3 is 2.67 bits per heavy atom. The predicted molar refractivity (Wildman–Crippen MR) is 92.6 cm³/mol. The van der Waals surface area contributed by atoms with E-state index in [0.717, 1.165) is 30.2 Å². The maximum Gasteiger partial charge on any atom is 0.190 e. The number of benzene rings is 2. The third-order valence-corrected chi connectivity index (χ3v) is 4.97. The first-order valence-corrected chi connectivity index (χ1v) is 8.83. The average molecular weight is 363 g/mol. The zero-order valence-corrected chi connectivity index (χ0v) is 14.1. The second-order valence-corrected chi connectivity index (χ2v) is 7.00. The van der Waals surface area contributed by atoms with Gasteiger partial charge in [-0.1, -0.05) is 23.7 Å². The summed E-state index contributed by atoms with van der Waals surface area (Å²) in [6.45, 7) is 0. The van der Waals surface area contributed by atoms with Gasteiger partial charge in [-0.25, -0.2) is 13.8 Å². The molecule has 0 amide bonds. The quantitative estimate of drug-likeness (QED) is 0.567. The zero-order chi connectivity index (χ0) is 16.7. The van der Waals surface area contributed by atoms with Gasteiger partial charge in [0.05, 0.1) is 5.69 Å². The first-order chi connectivity index (χ1) is 11.6. The molecular weight excluding hydrogens is 350 g/mol. The molecule has 6 heteroatoms. The molecule has 0 bridgehead atoms. The van der Waals surface area contributed by atoms with Gasteiger partial charge < -0.3 is 4.57 Å². The van der Waals surface area contributed by atoms with Crippen LogP contribution in [-0.4, -0.2) is 4.57 Å². The maximum atomic E-state index is 13.9. The summed E-state index contributed by atoms with van der Waals surface area (Å²) in [7, 11) is 0. The van der Waals surface area contributed by atoms with Crippen molar-refractivity contribution in [1.82, 2.24) is 4.57 Å². The van der Waals surface area contributed by atoms with E-state index in [-0.39, 0.29) is 5.69 Å². The minimum absolute atomic E-state index is 0.144. The average Bonchev–Trinajstić information content (AvgIpc) is 3.30. The molecule has 0 saturated heterocycles. The van der Waals surface area contributed by atoms with E-state index < -0.39 is 11.6 Å². The Bertz CT molecular complexity index is 973. The van der Waals surface area contributed by atoms with Crippen LogP contribution in [0.1, 0.15) is 18.9 Å². The van der Waals surface area contributed by atoms with Gasteiger partial charge >= 0.3 is 0 Å². The smallest absolute Gasteiger partial charge is 0.190 e. The van der Waals surface area contributed by atoms with Crippen molar-refractivity contribution in [2.75, 3.05) is 0 Å². The molecule has 122 valence electrons. The van der Waals surface area contributed by atoms with Crippen LogP contribution < -0.4 is 4.80 Å². The van der Waals surface area contributed by atoms with Gasteiger partial charge in [-0.2, -0.15) is 0 Å². The zero-order valence-electron chi connectivity index (χ0n) is 12.5. The fourth-order valence-electron chi connectivity index (χ4n) is 2.62. The summed E-state index contributed by atoms with van der Waals surface area (Å²) in [6, 6.07) is 11.4. The van der Waals surface area contributed by atoms with Gasteiger partial charge in [-0.3, -0.25) is 0 Å². The van der Waals surface area contributed by atoms with Crippen molar-refractivity contribution in [3.8, 4) is 11.3 Å². The van der Waals surface area contributed by atoms with Crippen LogP contribution in [0.4, 0.5) is 14.5 Å². The largest absolute Gasteiger partial charge is 0.313 e. The Kier molecular flexibility index (Phi) is 3.98. The highest BCUT2D eigenvalue weighted by atomic mass is 35.5. The molecule has 1 aliphatic rings. The molecule has 1 fully saturated rings. The molecule has 0 radical (unpaired) electrons. The summed E-state index contributed by atoms with van der Waals surface area (Å²) in [5.41, 5.74) is 2.17. The SMILES string of the molecule is Fc1ccc(N=c2scc(-c3cccc(Cl)c3)n2C2CC2)c(F)c1. The molecule has 0 aliphatic heterocycles. The molecule has 1 saturated carbocycles. The van der Waals surface area contributed by atoms with Gasteiger partial charge in [0.25, 0.3) is 0 Å². The van der Waals surface area contributed by atoms with Crippen molar-refractivity contribution in [1.29, 1.82) is 0 Å². The molecule has 2 aromatic carbocycles. The standard InChI is InChI=1S/C18H13ClF2N2S/c19-12-3-1-2-11(8-12)17-10-24-18(23(17)14-5-6-14)22-16-7-4-13(20)9-15(16)21/h1-4,7-10,14H,5-6H2. The van der Waals surface area contributed by atoms with Crippen molar-refractivity contribution in [2.45, 2.75) is 18.9 Å². The third kappa shape index (κ3) is 3.01. The fraction of sp³-hybridized carbons (Fsp3) is 0.167. The highest BCUT2D eigenvalue weighted by molar-refractivity contribution is 7.07. The second-order valence-electron chi connectivity index (χ2n) is 5.72. The summed E-state index contributed by atoms with van der Waals surface area (Å²) in [5.74, 6) is -1.26. The molecule has 24 heavy (non-hydrogen) atoms. The Morgan fingerprint density at radius 2 is 1.96 bits per heavy atom. The molecule has 1 aromatic heterocycles. The Balaban J connectivity index is 1.87. The van der Waals surface area contributed by atoms with Gasteiger partial charge in [0.15, 0.2) is 10.6 Å². The van der Waals surface area contributed by atoms with Crippen molar-refractivity contribution < 1.29 is 8.78 Å². The fourth-order valence-corrected chi connectivity index (χ4v) is 3.79. The molecular formula is C18H13ClF2N2S. The molecule has 1 heterocycles. The lowest BCUT2D eigenvalue weighted by molar-refractivity contribution is 0.584. The molecule has 3 aromatic rings. The van der Waals surface area contributed by atoms with E-state index >= 15 is 0 Å². The summed E-state index contributed by atoms with van der Waals surface area (Å²) in [5, 5.41) is 2.67. The lowest BCUT2D eigenvalue weighted by Gasteiger charge is -2.08. The van der Waals surface area contributed by atoms with E-state index in [1.807, 2.05) is 29.6 Å². The van der Waals surface area contributed by atoms with E-state index in [4.69, 9.17) is 11.6 Å². The number of halogens is 3. The number of nitrogens with zero attached hydrogens (tertiary/aromatic N) is 2. The van der Waals surface area contributed by atoms with Gasteiger partial charge in [0.2, 0.25) is 0 Å². The third-order valence-electron chi connectivity index (χ3n) is 3.90. The minimum Gasteiger partial charge on any atom is -0.313 e. The summed E-state index contributed by atoms with van der Waals surface area (Å²) >= 11 is 7.55. The Morgan fingerprint density at radius 1 is 1.12 bits per heavy atom. The van der Waals surface area contributed by atoms with Crippen molar-refractivity contribution in [2.24, 2.45) is 4.99 Å². The maximum absolute atomic E-state index is 13.9. The molecule has 1 aliphatic carbocycles. The highest BCUT2D eigenvalue weighted by Crippen LogP contribution is 2.38.